The Morgan fingerprint density at radius 2 is 1.92 bits per heavy atom. The fraction of sp³-hybridized carbons (Fsp3) is 0.611. The quantitative estimate of drug-likeness (QED) is 0.817. The summed E-state index contributed by atoms with van der Waals surface area (Å²) in [6.45, 7) is 2.99. The zero-order valence-corrected chi connectivity index (χ0v) is 14.1. The summed E-state index contributed by atoms with van der Waals surface area (Å²) < 4.78 is 34.1. The molecule has 1 aliphatic carbocycles. The van der Waals surface area contributed by atoms with Crippen LogP contribution < -0.4 is 5.32 Å². The zero-order valence-electron chi connectivity index (χ0n) is 14.1. The number of hydrogen-bond acceptors (Lipinski definition) is 4. The molecule has 1 aliphatic heterocycles. The lowest BCUT2D eigenvalue weighted by Gasteiger charge is -2.42. The molecule has 1 atom stereocenters. The van der Waals surface area contributed by atoms with E-state index in [2.05, 4.69) is 10.2 Å². The van der Waals surface area contributed by atoms with Gasteiger partial charge >= 0.3 is 5.92 Å². The molecule has 2 fully saturated rings. The molecule has 7 heteroatoms. The summed E-state index contributed by atoms with van der Waals surface area (Å²) in [6, 6.07) is 8.50. The Morgan fingerprint density at radius 3 is 2.48 bits per heavy atom. The molecule has 1 aromatic rings. The highest BCUT2D eigenvalue weighted by atomic mass is 19.3. The maximum Gasteiger partial charge on any atom is 0.352 e. The van der Waals surface area contributed by atoms with Gasteiger partial charge in [-0.05, 0) is 24.8 Å². The Balaban J connectivity index is 1.73. The van der Waals surface area contributed by atoms with Gasteiger partial charge in [0.15, 0.2) is 0 Å². The van der Waals surface area contributed by atoms with E-state index in [1.807, 2.05) is 30.3 Å². The van der Waals surface area contributed by atoms with Crippen LogP contribution in [0.4, 0.5) is 8.78 Å². The van der Waals surface area contributed by atoms with Crippen LogP contribution in [0, 0.1) is 0 Å². The summed E-state index contributed by atoms with van der Waals surface area (Å²) in [6.07, 6.45) is 0.412. The molecule has 1 heterocycles. The van der Waals surface area contributed by atoms with Crippen LogP contribution in [-0.2, 0) is 9.53 Å². The predicted molar refractivity (Wildman–Crippen MR) is 88.3 cm³/mol. The van der Waals surface area contributed by atoms with Crippen molar-refractivity contribution in [2.24, 2.45) is 0 Å². The molecule has 0 aromatic heterocycles. The van der Waals surface area contributed by atoms with Crippen LogP contribution >= 0.6 is 0 Å². The number of halogens is 2. The zero-order chi connectivity index (χ0) is 17.9. The van der Waals surface area contributed by atoms with E-state index in [0.717, 1.165) is 5.56 Å². The number of ether oxygens (including phenoxy) is 1. The molecule has 25 heavy (non-hydrogen) atoms. The number of carbonyl (C=O) groups is 1. The van der Waals surface area contributed by atoms with Crippen molar-refractivity contribution < 1.29 is 23.4 Å². The summed E-state index contributed by atoms with van der Waals surface area (Å²) in [4.78, 5) is 14.3. The standard InChI is InChI=1S/C18H24F2N2O3/c19-18(20,17(24)7-4-8-17)16(23)21-15(14-5-2-1-3-6-14)13-22-9-11-25-12-10-22/h1-3,5-6,15,24H,4,7-13H2,(H,21,23). The van der Waals surface area contributed by atoms with Gasteiger partial charge in [0, 0.05) is 19.6 Å². The molecule has 0 radical (unpaired) electrons. The Hall–Kier alpha value is -1.57. The van der Waals surface area contributed by atoms with Crippen molar-refractivity contribution in [3.05, 3.63) is 35.9 Å². The van der Waals surface area contributed by atoms with Crippen molar-refractivity contribution in [3.63, 3.8) is 0 Å². The Bertz CT molecular complexity index is 587. The molecule has 138 valence electrons. The summed E-state index contributed by atoms with van der Waals surface area (Å²) in [5.74, 6) is -5.19. The van der Waals surface area contributed by atoms with E-state index in [1.54, 1.807) is 0 Å². The summed E-state index contributed by atoms with van der Waals surface area (Å²) in [5, 5.41) is 12.4. The number of hydrogen-bond donors (Lipinski definition) is 2. The first-order valence-corrected chi connectivity index (χ1v) is 8.69. The van der Waals surface area contributed by atoms with Gasteiger partial charge in [0.1, 0.15) is 5.60 Å². The van der Waals surface area contributed by atoms with Crippen molar-refractivity contribution >= 4 is 5.91 Å². The van der Waals surface area contributed by atoms with Gasteiger partial charge in [-0.15, -0.1) is 0 Å². The average molecular weight is 354 g/mol. The molecule has 0 bridgehead atoms. The monoisotopic (exact) mass is 354 g/mol. The van der Waals surface area contributed by atoms with E-state index in [-0.39, 0.29) is 12.8 Å². The molecule has 3 rings (SSSR count). The highest BCUT2D eigenvalue weighted by Gasteiger charge is 2.61. The van der Waals surface area contributed by atoms with E-state index in [0.29, 0.717) is 39.3 Å². The number of nitrogens with zero attached hydrogens (tertiary/aromatic N) is 1. The van der Waals surface area contributed by atoms with Crippen LogP contribution in [0.5, 0.6) is 0 Å². The van der Waals surface area contributed by atoms with E-state index >= 15 is 0 Å². The molecular formula is C18H24F2N2O3. The predicted octanol–water partition coefficient (Wildman–Crippen LogP) is 1.73. The fourth-order valence-electron chi connectivity index (χ4n) is 3.25. The van der Waals surface area contributed by atoms with Gasteiger partial charge in [0.05, 0.1) is 19.3 Å². The second kappa shape index (κ2) is 7.35. The number of alkyl halides is 2. The van der Waals surface area contributed by atoms with Crippen molar-refractivity contribution in [1.29, 1.82) is 0 Å². The Kier molecular flexibility index (Phi) is 5.36. The molecule has 2 N–H and O–H groups in total. The molecule has 0 spiro atoms. The third kappa shape index (κ3) is 3.83. The summed E-state index contributed by atoms with van der Waals surface area (Å²) >= 11 is 0. The first kappa shape index (κ1) is 18.2. The normalized spacial score (nSPS) is 22.0. The number of rotatable bonds is 6. The highest BCUT2D eigenvalue weighted by molar-refractivity contribution is 5.85. The number of morpholine rings is 1. The summed E-state index contributed by atoms with van der Waals surface area (Å²) in [7, 11) is 0. The average Bonchev–Trinajstić information content (AvgIpc) is 2.60. The molecule has 1 aromatic carbocycles. The molecule has 5 nitrogen and oxygen atoms in total. The lowest BCUT2D eigenvalue weighted by molar-refractivity contribution is -0.216. The van der Waals surface area contributed by atoms with Gasteiger partial charge in [-0.1, -0.05) is 30.3 Å². The maximum atomic E-state index is 14.4. The van der Waals surface area contributed by atoms with Crippen molar-refractivity contribution in [2.45, 2.75) is 36.8 Å². The van der Waals surface area contributed by atoms with Crippen LogP contribution in [0.15, 0.2) is 30.3 Å². The maximum absolute atomic E-state index is 14.4. The minimum atomic E-state index is -3.79. The highest BCUT2D eigenvalue weighted by Crippen LogP contribution is 2.44. The Morgan fingerprint density at radius 1 is 1.28 bits per heavy atom. The number of nitrogens with one attached hydrogen (secondary N) is 1. The van der Waals surface area contributed by atoms with Crippen LogP contribution in [0.25, 0.3) is 0 Å². The van der Waals surface area contributed by atoms with Crippen LogP contribution in [-0.4, -0.2) is 60.3 Å². The lowest BCUT2D eigenvalue weighted by Crippen LogP contribution is -2.61. The third-order valence-electron chi connectivity index (χ3n) is 5.10. The van der Waals surface area contributed by atoms with Crippen LogP contribution in [0.1, 0.15) is 30.9 Å². The second-order valence-electron chi connectivity index (χ2n) is 6.81. The Labute approximate surface area is 146 Å². The van der Waals surface area contributed by atoms with Crippen LogP contribution in [0.2, 0.25) is 0 Å². The first-order chi connectivity index (χ1) is 11.9. The van der Waals surface area contributed by atoms with E-state index in [4.69, 9.17) is 4.74 Å². The van der Waals surface area contributed by atoms with Gasteiger partial charge in [0.25, 0.3) is 5.91 Å². The summed E-state index contributed by atoms with van der Waals surface area (Å²) in [5.41, 5.74) is -1.45. The number of benzene rings is 1. The fourth-order valence-corrected chi connectivity index (χ4v) is 3.25. The SMILES string of the molecule is O=C(NC(CN1CCOCC1)c1ccccc1)C(F)(F)C1(O)CCC1. The minimum absolute atomic E-state index is 0.0487. The van der Waals surface area contributed by atoms with E-state index in [1.165, 1.54) is 0 Å². The molecule has 2 aliphatic rings. The largest absolute Gasteiger partial charge is 0.383 e. The third-order valence-corrected chi connectivity index (χ3v) is 5.10. The van der Waals surface area contributed by atoms with Crippen molar-refractivity contribution in [3.8, 4) is 0 Å². The second-order valence-corrected chi connectivity index (χ2v) is 6.81. The van der Waals surface area contributed by atoms with Crippen molar-refractivity contribution in [1.82, 2.24) is 10.2 Å². The van der Waals surface area contributed by atoms with E-state index < -0.39 is 23.5 Å². The topological polar surface area (TPSA) is 61.8 Å². The minimum Gasteiger partial charge on any atom is -0.383 e. The molecule has 1 saturated carbocycles. The van der Waals surface area contributed by atoms with Gasteiger partial charge in [-0.2, -0.15) is 8.78 Å². The van der Waals surface area contributed by atoms with Gasteiger partial charge in [-0.3, -0.25) is 9.69 Å². The van der Waals surface area contributed by atoms with E-state index in [9.17, 15) is 18.7 Å². The number of amides is 1. The van der Waals surface area contributed by atoms with Crippen LogP contribution in [0.3, 0.4) is 0 Å². The molecule has 1 unspecified atom stereocenters. The number of carbonyl (C=O) groups excluding carboxylic acids is 1. The molecular weight excluding hydrogens is 330 g/mol. The lowest BCUT2D eigenvalue weighted by atomic mass is 9.75. The van der Waals surface area contributed by atoms with Crippen molar-refractivity contribution in [2.75, 3.05) is 32.8 Å². The van der Waals surface area contributed by atoms with Gasteiger partial charge < -0.3 is 15.2 Å². The van der Waals surface area contributed by atoms with Gasteiger partial charge in [0.2, 0.25) is 0 Å². The number of aliphatic hydroxyl groups is 1. The molecule has 1 saturated heterocycles. The van der Waals surface area contributed by atoms with Gasteiger partial charge in [-0.25, -0.2) is 0 Å². The molecule has 1 amide bonds. The smallest absolute Gasteiger partial charge is 0.352 e. The first-order valence-electron chi connectivity index (χ1n) is 8.69.